The van der Waals surface area contributed by atoms with Gasteiger partial charge in [-0.3, -0.25) is 14.3 Å². The summed E-state index contributed by atoms with van der Waals surface area (Å²) in [6.07, 6.45) is 5.12. The van der Waals surface area contributed by atoms with Gasteiger partial charge in [-0.2, -0.15) is 4.98 Å². The molecule has 0 saturated carbocycles. The van der Waals surface area contributed by atoms with Gasteiger partial charge in [-0.15, -0.1) is 0 Å². The fraction of sp³-hybridized carbons (Fsp3) is 0.100. The van der Waals surface area contributed by atoms with Crippen molar-refractivity contribution < 1.29 is 0 Å². The monoisotopic (exact) mass is 343 g/mol. The van der Waals surface area contributed by atoms with E-state index in [-0.39, 0.29) is 5.56 Å². The molecule has 0 amide bonds. The standard InChI is InChI=1S/C20H17N5O/c1-2-25-18-15(12-17(19(25)26)14-6-4-3-5-7-14)13-22-20(24-18)23-16-8-10-21-11-9-16/h3-13H,2H2,1H3,(H,21,22,23,24). The minimum Gasteiger partial charge on any atom is -0.324 e. The van der Waals surface area contributed by atoms with Crippen molar-refractivity contribution >= 4 is 22.7 Å². The number of nitrogens with zero attached hydrogens (tertiary/aromatic N) is 4. The topological polar surface area (TPSA) is 72.7 Å². The number of aryl methyl sites for hydroxylation is 1. The van der Waals surface area contributed by atoms with Crippen molar-refractivity contribution in [1.29, 1.82) is 0 Å². The number of rotatable bonds is 4. The van der Waals surface area contributed by atoms with Gasteiger partial charge in [-0.05, 0) is 30.7 Å². The summed E-state index contributed by atoms with van der Waals surface area (Å²) in [4.78, 5) is 25.9. The lowest BCUT2D eigenvalue weighted by molar-refractivity contribution is 0.751. The summed E-state index contributed by atoms with van der Waals surface area (Å²) >= 11 is 0. The van der Waals surface area contributed by atoms with E-state index in [0.29, 0.717) is 23.7 Å². The van der Waals surface area contributed by atoms with E-state index in [0.717, 1.165) is 16.6 Å². The second-order valence-electron chi connectivity index (χ2n) is 5.81. The molecule has 6 heteroatoms. The van der Waals surface area contributed by atoms with Gasteiger partial charge in [-0.25, -0.2) is 4.98 Å². The number of benzene rings is 1. The van der Waals surface area contributed by atoms with E-state index in [1.807, 2.05) is 55.5 Å². The smallest absolute Gasteiger partial charge is 0.260 e. The minimum atomic E-state index is -0.0558. The molecule has 1 aromatic carbocycles. The van der Waals surface area contributed by atoms with E-state index in [1.54, 1.807) is 23.2 Å². The first-order chi connectivity index (χ1) is 12.8. The summed E-state index contributed by atoms with van der Waals surface area (Å²) in [6, 6.07) is 15.2. The first-order valence-electron chi connectivity index (χ1n) is 8.39. The molecule has 0 spiro atoms. The van der Waals surface area contributed by atoms with Gasteiger partial charge in [0.25, 0.3) is 5.56 Å². The molecule has 0 aliphatic rings. The van der Waals surface area contributed by atoms with Crippen LogP contribution >= 0.6 is 0 Å². The molecule has 4 rings (SSSR count). The number of nitrogens with one attached hydrogen (secondary N) is 1. The van der Waals surface area contributed by atoms with Gasteiger partial charge in [0, 0.05) is 41.8 Å². The van der Waals surface area contributed by atoms with Crippen LogP contribution in [0.1, 0.15) is 6.92 Å². The lowest BCUT2D eigenvalue weighted by Crippen LogP contribution is -2.22. The number of hydrogen-bond donors (Lipinski definition) is 1. The molecular weight excluding hydrogens is 326 g/mol. The molecule has 0 unspecified atom stereocenters. The Morgan fingerprint density at radius 3 is 2.58 bits per heavy atom. The Morgan fingerprint density at radius 2 is 1.85 bits per heavy atom. The van der Waals surface area contributed by atoms with Crippen molar-refractivity contribution in [2.45, 2.75) is 13.5 Å². The quantitative estimate of drug-likeness (QED) is 0.613. The van der Waals surface area contributed by atoms with E-state index in [4.69, 9.17) is 0 Å². The van der Waals surface area contributed by atoms with Gasteiger partial charge in [0.2, 0.25) is 5.95 Å². The fourth-order valence-corrected chi connectivity index (χ4v) is 2.90. The summed E-state index contributed by atoms with van der Waals surface area (Å²) in [7, 11) is 0. The molecule has 3 heterocycles. The van der Waals surface area contributed by atoms with Gasteiger partial charge < -0.3 is 5.32 Å². The third-order valence-electron chi connectivity index (χ3n) is 4.16. The number of hydrogen-bond acceptors (Lipinski definition) is 5. The number of fused-ring (bicyclic) bond motifs is 1. The molecule has 6 nitrogen and oxygen atoms in total. The van der Waals surface area contributed by atoms with Crippen LogP contribution in [-0.2, 0) is 6.54 Å². The van der Waals surface area contributed by atoms with Gasteiger partial charge in [-0.1, -0.05) is 30.3 Å². The lowest BCUT2D eigenvalue weighted by atomic mass is 10.1. The average Bonchev–Trinajstić information content (AvgIpc) is 2.69. The molecule has 1 N–H and O–H groups in total. The van der Waals surface area contributed by atoms with Crippen LogP contribution in [0.15, 0.2) is 71.9 Å². The predicted octanol–water partition coefficient (Wildman–Crippen LogP) is 3.62. The highest BCUT2D eigenvalue weighted by atomic mass is 16.1. The molecule has 0 radical (unpaired) electrons. The molecule has 3 aromatic heterocycles. The Bertz CT molecular complexity index is 1110. The van der Waals surface area contributed by atoms with Crippen LogP contribution < -0.4 is 10.9 Å². The molecule has 128 valence electrons. The molecule has 4 aromatic rings. The third kappa shape index (κ3) is 2.93. The lowest BCUT2D eigenvalue weighted by Gasteiger charge is -2.12. The van der Waals surface area contributed by atoms with E-state index in [9.17, 15) is 4.79 Å². The highest BCUT2D eigenvalue weighted by Crippen LogP contribution is 2.21. The van der Waals surface area contributed by atoms with Gasteiger partial charge in [0.15, 0.2) is 0 Å². The van der Waals surface area contributed by atoms with E-state index in [2.05, 4.69) is 20.3 Å². The SMILES string of the molecule is CCn1c(=O)c(-c2ccccc2)cc2cnc(Nc3ccncc3)nc21. The number of pyridine rings is 2. The highest BCUT2D eigenvalue weighted by Gasteiger charge is 2.12. The van der Waals surface area contributed by atoms with Crippen molar-refractivity contribution in [1.82, 2.24) is 19.5 Å². The predicted molar refractivity (Wildman–Crippen MR) is 102 cm³/mol. The van der Waals surface area contributed by atoms with Crippen molar-refractivity contribution in [2.75, 3.05) is 5.32 Å². The van der Waals surface area contributed by atoms with Crippen molar-refractivity contribution in [2.24, 2.45) is 0 Å². The van der Waals surface area contributed by atoms with Crippen molar-refractivity contribution in [3.05, 3.63) is 77.5 Å². The van der Waals surface area contributed by atoms with Gasteiger partial charge in [0.05, 0.1) is 0 Å². The second kappa shape index (κ2) is 6.76. The first kappa shape index (κ1) is 16.0. The summed E-state index contributed by atoms with van der Waals surface area (Å²) in [5.74, 6) is 0.442. The molecule has 0 fully saturated rings. The average molecular weight is 343 g/mol. The van der Waals surface area contributed by atoms with Gasteiger partial charge in [0.1, 0.15) is 5.65 Å². The largest absolute Gasteiger partial charge is 0.324 e. The van der Waals surface area contributed by atoms with E-state index in [1.165, 1.54) is 0 Å². The Hall–Kier alpha value is -3.54. The molecular formula is C20H17N5O. The van der Waals surface area contributed by atoms with Crippen LogP contribution in [0.3, 0.4) is 0 Å². The summed E-state index contributed by atoms with van der Waals surface area (Å²) < 4.78 is 1.68. The number of anilines is 2. The Labute approximate surface area is 150 Å². The summed E-state index contributed by atoms with van der Waals surface area (Å²) in [6.45, 7) is 2.47. The maximum Gasteiger partial charge on any atom is 0.260 e. The summed E-state index contributed by atoms with van der Waals surface area (Å²) in [5, 5.41) is 3.96. The van der Waals surface area contributed by atoms with E-state index >= 15 is 0 Å². The molecule has 0 aliphatic carbocycles. The van der Waals surface area contributed by atoms with Crippen LogP contribution in [0.5, 0.6) is 0 Å². The zero-order chi connectivity index (χ0) is 17.9. The maximum absolute atomic E-state index is 13.0. The van der Waals surface area contributed by atoms with Crippen LogP contribution in [0.4, 0.5) is 11.6 Å². The van der Waals surface area contributed by atoms with Crippen LogP contribution in [0.25, 0.3) is 22.2 Å². The zero-order valence-corrected chi connectivity index (χ0v) is 14.3. The van der Waals surface area contributed by atoms with Crippen LogP contribution in [0.2, 0.25) is 0 Å². The Morgan fingerprint density at radius 1 is 1.08 bits per heavy atom. The molecule has 26 heavy (non-hydrogen) atoms. The summed E-state index contributed by atoms with van der Waals surface area (Å²) in [5.41, 5.74) is 2.94. The van der Waals surface area contributed by atoms with Crippen molar-refractivity contribution in [3.8, 4) is 11.1 Å². The molecule has 0 bridgehead atoms. The highest BCUT2D eigenvalue weighted by molar-refractivity contribution is 5.81. The van der Waals surface area contributed by atoms with Gasteiger partial charge >= 0.3 is 0 Å². The fourth-order valence-electron chi connectivity index (χ4n) is 2.90. The Balaban J connectivity index is 1.85. The molecule has 0 saturated heterocycles. The molecule has 0 atom stereocenters. The Kier molecular flexibility index (Phi) is 4.15. The van der Waals surface area contributed by atoms with Crippen LogP contribution in [0, 0.1) is 0 Å². The maximum atomic E-state index is 13.0. The normalized spacial score (nSPS) is 10.8. The second-order valence-corrected chi connectivity index (χ2v) is 5.81. The zero-order valence-electron chi connectivity index (χ0n) is 14.3. The van der Waals surface area contributed by atoms with E-state index < -0.39 is 0 Å². The third-order valence-corrected chi connectivity index (χ3v) is 4.16. The first-order valence-corrected chi connectivity index (χ1v) is 8.39. The molecule has 0 aliphatic heterocycles. The van der Waals surface area contributed by atoms with Crippen LogP contribution in [-0.4, -0.2) is 19.5 Å². The number of aromatic nitrogens is 4. The van der Waals surface area contributed by atoms with Crippen molar-refractivity contribution in [3.63, 3.8) is 0 Å². The minimum absolute atomic E-state index is 0.0558.